The number of nitrogens with one attached hydrogen (secondary N) is 1. The molecule has 1 unspecified atom stereocenters. The number of benzene rings is 1. The van der Waals surface area contributed by atoms with Gasteiger partial charge in [-0.05, 0) is 55.6 Å². The van der Waals surface area contributed by atoms with Gasteiger partial charge >= 0.3 is 0 Å². The average Bonchev–Trinajstić information content (AvgIpc) is 3.06. The first-order valence-electron chi connectivity index (χ1n) is 10.2. The minimum Gasteiger partial charge on any atom is -0.354 e. The van der Waals surface area contributed by atoms with Gasteiger partial charge in [-0.15, -0.1) is 0 Å². The fourth-order valence-electron chi connectivity index (χ4n) is 3.87. The zero-order valence-electron chi connectivity index (χ0n) is 16.6. The molecule has 0 aliphatic carbocycles. The normalized spacial score (nSPS) is 16.9. The molecule has 0 radical (unpaired) electrons. The van der Waals surface area contributed by atoms with Crippen molar-refractivity contribution in [3.8, 4) is 5.69 Å². The molecule has 1 N–H and O–H groups in total. The molecule has 0 spiro atoms. The Bertz CT molecular complexity index is 686. The quantitative estimate of drug-likeness (QED) is 0.814. The Morgan fingerprint density at radius 3 is 2.41 bits per heavy atom. The van der Waals surface area contributed by atoms with Gasteiger partial charge in [-0.3, -0.25) is 9.69 Å². The van der Waals surface area contributed by atoms with Crippen molar-refractivity contribution in [2.24, 2.45) is 5.92 Å². The second kappa shape index (κ2) is 9.70. The number of nitrogens with zero attached hydrogens (tertiary/aromatic N) is 3. The smallest absolute Gasteiger partial charge is 0.224 e. The van der Waals surface area contributed by atoms with Crippen molar-refractivity contribution in [3.05, 3.63) is 48.3 Å². The van der Waals surface area contributed by atoms with E-state index in [2.05, 4.69) is 29.2 Å². The Labute approximate surface area is 162 Å². The topological polar surface area (TPSA) is 50.2 Å². The lowest BCUT2D eigenvalue weighted by molar-refractivity contribution is -0.120. The van der Waals surface area contributed by atoms with E-state index < -0.39 is 0 Å². The standard InChI is InChI=1S/C22H32N4O/c1-18(2)21(25-13-5-3-4-6-14-25)17-23-22(27)16-19-8-10-20(11-9-19)26-15-7-12-24-26/h7-12,15,18,21H,3-6,13-14,16-17H2,1-2H3,(H,23,27). The van der Waals surface area contributed by atoms with E-state index in [-0.39, 0.29) is 5.91 Å². The minimum atomic E-state index is 0.0994. The highest BCUT2D eigenvalue weighted by Gasteiger charge is 2.23. The monoisotopic (exact) mass is 368 g/mol. The van der Waals surface area contributed by atoms with Crippen molar-refractivity contribution in [2.75, 3.05) is 19.6 Å². The third-order valence-corrected chi connectivity index (χ3v) is 5.46. The van der Waals surface area contributed by atoms with E-state index >= 15 is 0 Å². The van der Waals surface area contributed by atoms with E-state index in [0.29, 0.717) is 18.4 Å². The van der Waals surface area contributed by atoms with Gasteiger partial charge in [0, 0.05) is 25.0 Å². The van der Waals surface area contributed by atoms with Crippen LogP contribution >= 0.6 is 0 Å². The first-order valence-corrected chi connectivity index (χ1v) is 10.2. The van der Waals surface area contributed by atoms with Crippen molar-refractivity contribution in [2.45, 2.75) is 52.0 Å². The summed E-state index contributed by atoms with van der Waals surface area (Å²) in [6, 6.07) is 10.3. The summed E-state index contributed by atoms with van der Waals surface area (Å²) in [6.45, 7) is 7.58. The van der Waals surface area contributed by atoms with Crippen molar-refractivity contribution < 1.29 is 4.79 Å². The molecular weight excluding hydrogens is 336 g/mol. The number of hydrogen-bond acceptors (Lipinski definition) is 3. The molecule has 1 aromatic carbocycles. The Hall–Kier alpha value is -2.14. The van der Waals surface area contributed by atoms with Crippen molar-refractivity contribution in [3.63, 3.8) is 0 Å². The lowest BCUT2D eigenvalue weighted by Gasteiger charge is -2.33. The highest BCUT2D eigenvalue weighted by Crippen LogP contribution is 2.17. The predicted octanol–water partition coefficient (Wildman–Crippen LogP) is 3.43. The minimum absolute atomic E-state index is 0.0994. The summed E-state index contributed by atoms with van der Waals surface area (Å²) < 4.78 is 1.82. The van der Waals surface area contributed by atoms with E-state index in [1.807, 2.05) is 41.2 Å². The zero-order chi connectivity index (χ0) is 19.1. The van der Waals surface area contributed by atoms with E-state index in [1.54, 1.807) is 6.20 Å². The van der Waals surface area contributed by atoms with E-state index in [9.17, 15) is 4.79 Å². The Morgan fingerprint density at radius 1 is 1.11 bits per heavy atom. The van der Waals surface area contributed by atoms with Gasteiger partial charge in [0.2, 0.25) is 5.91 Å². The summed E-state index contributed by atoms with van der Waals surface area (Å²) in [5, 5.41) is 7.40. The maximum Gasteiger partial charge on any atom is 0.224 e. The van der Waals surface area contributed by atoms with Crippen LogP contribution in [0, 0.1) is 5.92 Å². The molecule has 0 saturated carbocycles. The van der Waals surface area contributed by atoms with Crippen LogP contribution in [-0.4, -0.2) is 46.3 Å². The van der Waals surface area contributed by atoms with Crippen LogP contribution in [-0.2, 0) is 11.2 Å². The van der Waals surface area contributed by atoms with E-state index in [0.717, 1.165) is 30.9 Å². The van der Waals surface area contributed by atoms with Gasteiger partial charge in [0.15, 0.2) is 0 Å². The second-order valence-electron chi connectivity index (χ2n) is 7.86. The molecule has 1 aliphatic heterocycles. The number of rotatable bonds is 7. The fourth-order valence-corrected chi connectivity index (χ4v) is 3.87. The number of hydrogen-bond donors (Lipinski definition) is 1. The highest BCUT2D eigenvalue weighted by atomic mass is 16.1. The summed E-state index contributed by atoms with van der Waals surface area (Å²) in [6.07, 6.45) is 9.32. The lowest BCUT2D eigenvalue weighted by Crippen LogP contribution is -2.47. The zero-order valence-corrected chi connectivity index (χ0v) is 16.6. The van der Waals surface area contributed by atoms with Gasteiger partial charge < -0.3 is 5.32 Å². The molecule has 1 aromatic heterocycles. The fraction of sp³-hybridized carbons (Fsp3) is 0.545. The first-order chi connectivity index (χ1) is 13.1. The number of likely N-dealkylation sites (tertiary alicyclic amines) is 1. The predicted molar refractivity (Wildman–Crippen MR) is 109 cm³/mol. The first kappa shape index (κ1) is 19.6. The van der Waals surface area contributed by atoms with Gasteiger partial charge in [0.1, 0.15) is 0 Å². The van der Waals surface area contributed by atoms with E-state index in [4.69, 9.17) is 0 Å². The molecule has 2 aromatic rings. The third kappa shape index (κ3) is 5.67. The Kier molecular flexibility index (Phi) is 7.04. The van der Waals surface area contributed by atoms with Crippen LogP contribution in [0.2, 0.25) is 0 Å². The molecule has 3 rings (SSSR count). The van der Waals surface area contributed by atoms with Crippen molar-refractivity contribution in [1.82, 2.24) is 20.0 Å². The SMILES string of the molecule is CC(C)C(CNC(=O)Cc1ccc(-n2cccn2)cc1)N1CCCCCC1. The number of aromatic nitrogens is 2. The lowest BCUT2D eigenvalue weighted by atomic mass is 10.0. The Morgan fingerprint density at radius 2 is 1.81 bits per heavy atom. The molecule has 5 heteroatoms. The summed E-state index contributed by atoms with van der Waals surface area (Å²) >= 11 is 0. The van der Waals surface area contributed by atoms with Crippen LogP contribution in [0.4, 0.5) is 0 Å². The summed E-state index contributed by atoms with van der Waals surface area (Å²) in [7, 11) is 0. The van der Waals surface area contributed by atoms with Crippen LogP contribution in [0.25, 0.3) is 5.69 Å². The molecular formula is C22H32N4O. The average molecular weight is 369 g/mol. The Balaban J connectivity index is 1.51. The molecule has 2 heterocycles. The molecule has 1 aliphatic rings. The van der Waals surface area contributed by atoms with Crippen LogP contribution in [0.3, 0.4) is 0 Å². The van der Waals surface area contributed by atoms with Crippen LogP contribution < -0.4 is 5.32 Å². The third-order valence-electron chi connectivity index (χ3n) is 5.46. The summed E-state index contributed by atoms with van der Waals surface area (Å²) in [5.41, 5.74) is 2.03. The number of carbonyl (C=O) groups excluding carboxylic acids is 1. The molecule has 1 amide bonds. The van der Waals surface area contributed by atoms with Crippen LogP contribution in [0.15, 0.2) is 42.7 Å². The summed E-state index contributed by atoms with van der Waals surface area (Å²) in [5.74, 6) is 0.638. The molecule has 5 nitrogen and oxygen atoms in total. The number of amides is 1. The van der Waals surface area contributed by atoms with Gasteiger partial charge in [0.25, 0.3) is 0 Å². The highest BCUT2D eigenvalue weighted by molar-refractivity contribution is 5.78. The number of carbonyl (C=O) groups is 1. The van der Waals surface area contributed by atoms with Gasteiger partial charge in [-0.2, -0.15) is 5.10 Å². The van der Waals surface area contributed by atoms with Gasteiger partial charge in [-0.1, -0.05) is 38.8 Å². The van der Waals surface area contributed by atoms with E-state index in [1.165, 1.54) is 25.7 Å². The van der Waals surface area contributed by atoms with Crippen molar-refractivity contribution >= 4 is 5.91 Å². The molecule has 27 heavy (non-hydrogen) atoms. The molecule has 146 valence electrons. The molecule has 1 fully saturated rings. The summed E-state index contributed by atoms with van der Waals surface area (Å²) in [4.78, 5) is 15.0. The van der Waals surface area contributed by atoms with Gasteiger partial charge in [0.05, 0.1) is 12.1 Å². The largest absolute Gasteiger partial charge is 0.354 e. The molecule has 0 bridgehead atoms. The molecule has 1 atom stereocenters. The molecule has 1 saturated heterocycles. The van der Waals surface area contributed by atoms with Crippen molar-refractivity contribution in [1.29, 1.82) is 0 Å². The maximum absolute atomic E-state index is 12.5. The van der Waals surface area contributed by atoms with Crippen LogP contribution in [0.1, 0.15) is 45.1 Å². The second-order valence-corrected chi connectivity index (χ2v) is 7.86. The van der Waals surface area contributed by atoms with Gasteiger partial charge in [-0.25, -0.2) is 4.68 Å². The maximum atomic E-state index is 12.5. The van der Waals surface area contributed by atoms with Crippen LogP contribution in [0.5, 0.6) is 0 Å².